The Labute approximate surface area is 87.8 Å². The molecule has 1 aromatic carbocycles. The summed E-state index contributed by atoms with van der Waals surface area (Å²) < 4.78 is 12.8. The van der Waals surface area contributed by atoms with Crippen molar-refractivity contribution >= 4 is 5.71 Å². The number of halogens is 1. The predicted octanol–water partition coefficient (Wildman–Crippen LogP) is 1.82. The van der Waals surface area contributed by atoms with E-state index in [0.29, 0.717) is 5.56 Å². The summed E-state index contributed by atoms with van der Waals surface area (Å²) in [6.45, 7) is 2.86. The summed E-state index contributed by atoms with van der Waals surface area (Å²) in [5.74, 6) is -0.224. The first-order valence-electron chi connectivity index (χ1n) is 4.86. The lowest BCUT2D eigenvalue weighted by Gasteiger charge is -2.07. The molecule has 1 N–H and O–H groups in total. The largest absolute Gasteiger partial charge is 0.507 e. The highest BCUT2D eigenvalue weighted by molar-refractivity contribution is 6.04. The van der Waals surface area contributed by atoms with E-state index in [4.69, 9.17) is 0 Å². The summed E-state index contributed by atoms with van der Waals surface area (Å²) >= 11 is 0. The van der Waals surface area contributed by atoms with E-state index in [9.17, 15) is 9.50 Å². The van der Waals surface area contributed by atoms with Crippen molar-refractivity contribution < 1.29 is 9.50 Å². The zero-order chi connectivity index (χ0) is 11.0. The number of aromatic hydroxyl groups is 1. The van der Waals surface area contributed by atoms with Gasteiger partial charge in [0.1, 0.15) is 11.6 Å². The molecule has 0 fully saturated rings. The Morgan fingerprint density at radius 3 is 2.80 bits per heavy atom. The molecular formula is C11H13FN2O. The summed E-state index contributed by atoms with van der Waals surface area (Å²) in [4.78, 5) is 0. The fraction of sp³-hybridized carbons (Fsp3) is 0.364. The molecule has 1 atom stereocenters. The van der Waals surface area contributed by atoms with Gasteiger partial charge >= 0.3 is 0 Å². The monoisotopic (exact) mass is 208 g/mol. The molecule has 0 saturated carbocycles. The van der Waals surface area contributed by atoms with Crippen LogP contribution in [0.2, 0.25) is 0 Å². The third kappa shape index (κ3) is 1.79. The lowest BCUT2D eigenvalue weighted by atomic mass is 9.98. The van der Waals surface area contributed by atoms with Gasteiger partial charge in [-0.05, 0) is 12.1 Å². The Balaban J connectivity index is 2.42. The Morgan fingerprint density at radius 2 is 2.27 bits per heavy atom. The van der Waals surface area contributed by atoms with Crippen LogP contribution in [0.4, 0.5) is 4.39 Å². The van der Waals surface area contributed by atoms with E-state index >= 15 is 0 Å². The van der Waals surface area contributed by atoms with Crippen LogP contribution in [-0.4, -0.2) is 29.4 Å². The van der Waals surface area contributed by atoms with Crippen molar-refractivity contribution in [2.24, 2.45) is 11.0 Å². The fourth-order valence-corrected chi connectivity index (χ4v) is 1.85. The van der Waals surface area contributed by atoms with E-state index in [1.165, 1.54) is 6.07 Å². The van der Waals surface area contributed by atoms with Crippen molar-refractivity contribution in [1.29, 1.82) is 0 Å². The first-order chi connectivity index (χ1) is 7.08. The number of phenols is 1. The quantitative estimate of drug-likeness (QED) is 0.764. The first-order valence-corrected chi connectivity index (χ1v) is 4.86. The van der Waals surface area contributed by atoms with Gasteiger partial charge < -0.3 is 5.11 Å². The number of nitrogens with zero attached hydrogens (tertiary/aromatic N) is 2. The summed E-state index contributed by atoms with van der Waals surface area (Å²) in [6, 6.07) is 4.02. The molecule has 0 unspecified atom stereocenters. The molecule has 0 aliphatic carbocycles. The van der Waals surface area contributed by atoms with Crippen LogP contribution in [0.3, 0.4) is 0 Å². The molecule has 1 aromatic rings. The van der Waals surface area contributed by atoms with Gasteiger partial charge in [0.05, 0.1) is 5.71 Å². The predicted molar refractivity (Wildman–Crippen MR) is 56.4 cm³/mol. The zero-order valence-corrected chi connectivity index (χ0v) is 8.74. The Kier molecular flexibility index (Phi) is 2.34. The van der Waals surface area contributed by atoms with Crippen molar-refractivity contribution in [3.63, 3.8) is 0 Å². The summed E-state index contributed by atoms with van der Waals surface area (Å²) in [6.07, 6.45) is 0. The van der Waals surface area contributed by atoms with Gasteiger partial charge in [-0.2, -0.15) is 5.10 Å². The number of hydrogen-bond acceptors (Lipinski definition) is 3. The number of rotatable bonds is 1. The van der Waals surface area contributed by atoms with Crippen LogP contribution in [0.25, 0.3) is 0 Å². The Hall–Kier alpha value is -1.58. The van der Waals surface area contributed by atoms with Crippen LogP contribution in [-0.2, 0) is 0 Å². The first kappa shape index (κ1) is 9.96. The van der Waals surface area contributed by atoms with Crippen LogP contribution in [0.1, 0.15) is 12.5 Å². The molecule has 1 aliphatic heterocycles. The van der Waals surface area contributed by atoms with Crippen LogP contribution >= 0.6 is 0 Å². The molecule has 0 aromatic heterocycles. The highest BCUT2D eigenvalue weighted by Crippen LogP contribution is 2.25. The topological polar surface area (TPSA) is 35.8 Å². The molecule has 80 valence electrons. The SMILES string of the molecule is C[C@H]1CN(C)N=C1c1ccc(F)cc1O. The van der Waals surface area contributed by atoms with Crippen LogP contribution in [0.15, 0.2) is 23.3 Å². The summed E-state index contributed by atoms with van der Waals surface area (Å²) in [5.41, 5.74) is 1.43. The summed E-state index contributed by atoms with van der Waals surface area (Å²) in [7, 11) is 1.88. The zero-order valence-electron chi connectivity index (χ0n) is 8.74. The molecule has 1 aliphatic rings. The number of benzene rings is 1. The molecule has 0 amide bonds. The third-order valence-corrected chi connectivity index (χ3v) is 2.52. The number of hydrogen-bond donors (Lipinski definition) is 1. The van der Waals surface area contributed by atoms with E-state index in [-0.39, 0.29) is 11.7 Å². The highest BCUT2D eigenvalue weighted by atomic mass is 19.1. The maximum Gasteiger partial charge on any atom is 0.127 e. The second-order valence-electron chi connectivity index (χ2n) is 3.89. The third-order valence-electron chi connectivity index (χ3n) is 2.52. The van der Waals surface area contributed by atoms with Crippen LogP contribution < -0.4 is 0 Å². The van der Waals surface area contributed by atoms with Crippen LogP contribution in [0.5, 0.6) is 5.75 Å². The standard InChI is InChI=1S/C11H13FN2O/c1-7-6-14(2)13-11(7)9-4-3-8(12)5-10(9)15/h3-5,7,15H,6H2,1-2H3/t7-/m0/s1. The number of hydrazone groups is 1. The summed E-state index contributed by atoms with van der Waals surface area (Å²) in [5, 5.41) is 15.7. The maximum atomic E-state index is 12.8. The maximum absolute atomic E-state index is 12.8. The molecule has 1 heterocycles. The van der Waals surface area contributed by atoms with Gasteiger partial charge in [-0.25, -0.2) is 4.39 Å². The van der Waals surface area contributed by atoms with Crippen molar-refractivity contribution in [3.05, 3.63) is 29.6 Å². The van der Waals surface area contributed by atoms with Crippen LogP contribution in [0, 0.1) is 11.7 Å². The second-order valence-corrected chi connectivity index (χ2v) is 3.89. The average molecular weight is 208 g/mol. The Bertz CT molecular complexity index is 417. The van der Waals surface area contributed by atoms with E-state index in [2.05, 4.69) is 5.10 Å². The van der Waals surface area contributed by atoms with E-state index < -0.39 is 5.82 Å². The molecule has 0 spiro atoms. The van der Waals surface area contributed by atoms with Gasteiger partial charge in [-0.1, -0.05) is 6.92 Å². The van der Waals surface area contributed by atoms with Crippen molar-refractivity contribution in [1.82, 2.24) is 5.01 Å². The van der Waals surface area contributed by atoms with Gasteiger partial charge in [-0.3, -0.25) is 5.01 Å². The average Bonchev–Trinajstić information content (AvgIpc) is 2.45. The molecule has 3 nitrogen and oxygen atoms in total. The molecule has 0 bridgehead atoms. The van der Waals surface area contributed by atoms with Gasteiger partial charge in [0, 0.05) is 31.1 Å². The van der Waals surface area contributed by atoms with Gasteiger partial charge in [-0.15, -0.1) is 0 Å². The number of phenolic OH excluding ortho intramolecular Hbond substituents is 1. The lowest BCUT2D eigenvalue weighted by Crippen LogP contribution is -2.14. The molecule has 15 heavy (non-hydrogen) atoms. The Morgan fingerprint density at radius 1 is 1.53 bits per heavy atom. The molecule has 0 saturated heterocycles. The van der Waals surface area contributed by atoms with Crippen molar-refractivity contribution in [2.75, 3.05) is 13.6 Å². The minimum atomic E-state index is -0.434. The van der Waals surface area contributed by atoms with Gasteiger partial charge in [0.25, 0.3) is 0 Å². The molecule has 0 radical (unpaired) electrons. The van der Waals surface area contributed by atoms with E-state index in [1.54, 1.807) is 6.07 Å². The molecule has 4 heteroatoms. The van der Waals surface area contributed by atoms with Gasteiger partial charge in [0.15, 0.2) is 0 Å². The van der Waals surface area contributed by atoms with Crippen molar-refractivity contribution in [3.8, 4) is 5.75 Å². The minimum absolute atomic E-state index is 0.0455. The smallest absolute Gasteiger partial charge is 0.127 e. The lowest BCUT2D eigenvalue weighted by molar-refractivity contribution is 0.368. The molecule has 2 rings (SSSR count). The molecular weight excluding hydrogens is 195 g/mol. The normalized spacial score (nSPS) is 20.6. The second kappa shape index (κ2) is 3.53. The van der Waals surface area contributed by atoms with Gasteiger partial charge in [0.2, 0.25) is 0 Å². The van der Waals surface area contributed by atoms with E-state index in [0.717, 1.165) is 18.3 Å². The van der Waals surface area contributed by atoms with Crippen molar-refractivity contribution in [2.45, 2.75) is 6.92 Å². The highest BCUT2D eigenvalue weighted by Gasteiger charge is 2.23. The minimum Gasteiger partial charge on any atom is -0.507 e. The fourth-order valence-electron chi connectivity index (χ4n) is 1.85. The van der Waals surface area contributed by atoms with E-state index in [1.807, 2.05) is 19.0 Å².